The Kier molecular flexibility index (Phi) is 3.31. The van der Waals surface area contributed by atoms with Crippen LogP contribution in [0.5, 0.6) is 0 Å². The Hall–Kier alpha value is -0.570. The van der Waals surface area contributed by atoms with E-state index in [9.17, 15) is 4.79 Å². The summed E-state index contributed by atoms with van der Waals surface area (Å²) in [6.07, 6.45) is 4.68. The molecule has 0 aromatic heterocycles. The van der Waals surface area contributed by atoms with Crippen LogP contribution in [0.25, 0.3) is 0 Å². The van der Waals surface area contributed by atoms with Crippen molar-refractivity contribution in [2.45, 2.75) is 38.6 Å². The number of rotatable bonds is 4. The van der Waals surface area contributed by atoms with E-state index in [0.717, 1.165) is 6.42 Å². The van der Waals surface area contributed by atoms with Crippen molar-refractivity contribution >= 4 is 5.97 Å². The summed E-state index contributed by atoms with van der Waals surface area (Å²) in [7, 11) is 3.25. The Bertz CT molecular complexity index is 187. The fourth-order valence-corrected chi connectivity index (χ4v) is 1.92. The number of esters is 1. The second kappa shape index (κ2) is 4.09. The molecule has 13 heavy (non-hydrogen) atoms. The number of methoxy groups -OCH3 is 1. The van der Waals surface area contributed by atoms with Gasteiger partial charge in [-0.25, -0.2) is 0 Å². The Morgan fingerprint density at radius 3 is 2.54 bits per heavy atom. The average molecular weight is 185 g/mol. The summed E-state index contributed by atoms with van der Waals surface area (Å²) >= 11 is 0. The van der Waals surface area contributed by atoms with E-state index in [2.05, 4.69) is 12.2 Å². The summed E-state index contributed by atoms with van der Waals surface area (Å²) < 4.78 is 4.72. The first kappa shape index (κ1) is 10.5. The number of likely N-dealkylation sites (N-methyl/N-ethyl adjacent to an activating group) is 1. The molecule has 3 heteroatoms. The van der Waals surface area contributed by atoms with E-state index >= 15 is 0 Å². The quantitative estimate of drug-likeness (QED) is 0.671. The highest BCUT2D eigenvalue weighted by Crippen LogP contribution is 2.44. The van der Waals surface area contributed by atoms with Crippen LogP contribution >= 0.6 is 0 Å². The van der Waals surface area contributed by atoms with Gasteiger partial charge in [0, 0.05) is 0 Å². The minimum atomic E-state index is -0.143. The molecule has 1 saturated carbocycles. The third-order valence-electron chi connectivity index (χ3n) is 3.09. The van der Waals surface area contributed by atoms with Gasteiger partial charge in [-0.05, 0) is 31.7 Å². The maximum atomic E-state index is 11.3. The molecular weight excluding hydrogens is 166 g/mol. The van der Waals surface area contributed by atoms with Crippen LogP contribution in [0.2, 0.25) is 0 Å². The molecule has 76 valence electrons. The maximum Gasteiger partial charge on any atom is 0.322 e. The van der Waals surface area contributed by atoms with Crippen LogP contribution in [0.4, 0.5) is 0 Å². The molecule has 0 aliphatic heterocycles. The van der Waals surface area contributed by atoms with Crippen LogP contribution in [-0.2, 0) is 9.53 Å². The second-order valence-electron chi connectivity index (χ2n) is 4.23. The first-order valence-corrected chi connectivity index (χ1v) is 4.86. The van der Waals surface area contributed by atoms with Gasteiger partial charge in [0.2, 0.25) is 0 Å². The largest absolute Gasteiger partial charge is 0.468 e. The predicted molar refractivity (Wildman–Crippen MR) is 51.4 cm³/mol. The molecule has 0 aromatic rings. The lowest BCUT2D eigenvalue weighted by Gasteiger charge is -2.40. The highest BCUT2D eigenvalue weighted by Gasteiger charge is 2.36. The van der Waals surface area contributed by atoms with Gasteiger partial charge in [0.25, 0.3) is 0 Å². The van der Waals surface area contributed by atoms with Gasteiger partial charge in [0.05, 0.1) is 7.11 Å². The van der Waals surface area contributed by atoms with Gasteiger partial charge in [-0.15, -0.1) is 0 Å². The lowest BCUT2D eigenvalue weighted by atomic mass is 9.67. The summed E-state index contributed by atoms with van der Waals surface area (Å²) in [6.45, 7) is 2.24. The maximum absolute atomic E-state index is 11.3. The molecule has 0 amide bonds. The molecule has 1 fully saturated rings. The predicted octanol–water partition coefficient (Wildman–Crippen LogP) is 1.33. The minimum absolute atomic E-state index is 0.129. The molecule has 0 heterocycles. The van der Waals surface area contributed by atoms with Gasteiger partial charge in [-0.3, -0.25) is 4.79 Å². The molecule has 3 nitrogen and oxygen atoms in total. The third kappa shape index (κ3) is 2.44. The van der Waals surface area contributed by atoms with Crippen LogP contribution in [0, 0.1) is 5.41 Å². The smallest absolute Gasteiger partial charge is 0.322 e. The van der Waals surface area contributed by atoms with Gasteiger partial charge in [0.1, 0.15) is 6.04 Å². The number of nitrogens with one attached hydrogen (secondary N) is 1. The third-order valence-corrected chi connectivity index (χ3v) is 3.09. The van der Waals surface area contributed by atoms with Gasteiger partial charge < -0.3 is 10.1 Å². The highest BCUT2D eigenvalue weighted by molar-refractivity contribution is 5.75. The van der Waals surface area contributed by atoms with Crippen molar-refractivity contribution in [1.29, 1.82) is 0 Å². The van der Waals surface area contributed by atoms with Crippen LogP contribution in [0.1, 0.15) is 32.6 Å². The van der Waals surface area contributed by atoms with E-state index in [1.165, 1.54) is 26.4 Å². The molecule has 0 unspecified atom stereocenters. The number of carbonyl (C=O) groups is 1. The van der Waals surface area contributed by atoms with Crippen LogP contribution in [-0.4, -0.2) is 26.2 Å². The van der Waals surface area contributed by atoms with Gasteiger partial charge in [-0.1, -0.05) is 13.3 Å². The lowest BCUT2D eigenvalue weighted by Crippen LogP contribution is -2.41. The zero-order valence-electron chi connectivity index (χ0n) is 8.72. The summed E-state index contributed by atoms with van der Waals surface area (Å²) in [5.74, 6) is -0.143. The lowest BCUT2D eigenvalue weighted by molar-refractivity contribution is -0.144. The van der Waals surface area contributed by atoms with Crippen molar-refractivity contribution in [2.24, 2.45) is 5.41 Å². The molecule has 0 radical (unpaired) electrons. The first-order valence-electron chi connectivity index (χ1n) is 4.86. The number of carbonyl (C=O) groups excluding carboxylic acids is 1. The molecule has 0 spiro atoms. The van der Waals surface area contributed by atoms with Gasteiger partial charge in [0.15, 0.2) is 0 Å². The van der Waals surface area contributed by atoms with Crippen molar-refractivity contribution < 1.29 is 9.53 Å². The molecule has 0 bridgehead atoms. The van der Waals surface area contributed by atoms with E-state index < -0.39 is 0 Å². The number of hydrogen-bond donors (Lipinski definition) is 1. The van der Waals surface area contributed by atoms with E-state index in [1.54, 1.807) is 0 Å². The van der Waals surface area contributed by atoms with E-state index in [4.69, 9.17) is 4.74 Å². The molecule has 1 aliphatic rings. The van der Waals surface area contributed by atoms with Crippen LogP contribution in [0.15, 0.2) is 0 Å². The minimum Gasteiger partial charge on any atom is -0.468 e. The monoisotopic (exact) mass is 185 g/mol. The van der Waals surface area contributed by atoms with E-state index in [-0.39, 0.29) is 12.0 Å². The molecule has 0 aromatic carbocycles. The molecule has 0 saturated heterocycles. The Morgan fingerprint density at radius 1 is 1.62 bits per heavy atom. The van der Waals surface area contributed by atoms with Crippen molar-refractivity contribution in [3.8, 4) is 0 Å². The summed E-state index contributed by atoms with van der Waals surface area (Å²) in [5, 5.41) is 3.00. The summed E-state index contributed by atoms with van der Waals surface area (Å²) in [6, 6.07) is -0.129. The molecule has 1 N–H and O–H groups in total. The average Bonchev–Trinajstić information content (AvgIpc) is 2.10. The van der Waals surface area contributed by atoms with Crippen molar-refractivity contribution in [1.82, 2.24) is 5.32 Å². The topological polar surface area (TPSA) is 38.3 Å². The van der Waals surface area contributed by atoms with Crippen LogP contribution in [0.3, 0.4) is 0 Å². The number of hydrogen-bond acceptors (Lipinski definition) is 3. The molecule has 1 aliphatic carbocycles. The Labute approximate surface area is 79.8 Å². The molecule has 1 rings (SSSR count). The molecular formula is C10H19NO2. The normalized spacial score (nSPS) is 21.8. The fourth-order valence-electron chi connectivity index (χ4n) is 1.92. The SMILES string of the molecule is CN[C@H](CC1(C)CCC1)C(=O)OC. The standard InChI is InChI=1S/C10H19NO2/c1-10(5-4-6-10)7-8(11-2)9(12)13-3/h8,11H,4-7H2,1-3H3/t8-/m1/s1. The fraction of sp³-hybridized carbons (Fsp3) is 0.900. The first-order chi connectivity index (χ1) is 6.11. The van der Waals surface area contributed by atoms with Crippen molar-refractivity contribution in [3.05, 3.63) is 0 Å². The van der Waals surface area contributed by atoms with Crippen molar-refractivity contribution in [3.63, 3.8) is 0 Å². The summed E-state index contributed by atoms with van der Waals surface area (Å²) in [4.78, 5) is 11.3. The highest BCUT2D eigenvalue weighted by atomic mass is 16.5. The zero-order chi connectivity index (χ0) is 9.90. The Morgan fingerprint density at radius 2 is 2.23 bits per heavy atom. The zero-order valence-corrected chi connectivity index (χ0v) is 8.72. The number of ether oxygens (including phenoxy) is 1. The molecule has 1 atom stereocenters. The Balaban J connectivity index is 2.43. The van der Waals surface area contributed by atoms with Gasteiger partial charge in [-0.2, -0.15) is 0 Å². The van der Waals surface area contributed by atoms with Crippen molar-refractivity contribution in [2.75, 3.05) is 14.2 Å². The van der Waals surface area contributed by atoms with Crippen LogP contribution < -0.4 is 5.32 Å². The summed E-state index contributed by atoms with van der Waals surface area (Å²) in [5.41, 5.74) is 0.363. The van der Waals surface area contributed by atoms with E-state index in [1.807, 2.05) is 7.05 Å². The van der Waals surface area contributed by atoms with E-state index in [0.29, 0.717) is 5.41 Å². The second-order valence-corrected chi connectivity index (χ2v) is 4.23. The van der Waals surface area contributed by atoms with Gasteiger partial charge >= 0.3 is 5.97 Å².